The molecule has 2 bridgehead atoms. The van der Waals surface area contributed by atoms with Crippen LogP contribution < -0.4 is 0 Å². The van der Waals surface area contributed by atoms with Gasteiger partial charge in [0.25, 0.3) is 0 Å². The zero-order valence-corrected chi connectivity index (χ0v) is 22.1. The van der Waals surface area contributed by atoms with Gasteiger partial charge in [0.15, 0.2) is 0 Å². The zero-order chi connectivity index (χ0) is 26.4. The van der Waals surface area contributed by atoms with Crippen LogP contribution >= 0.6 is 0 Å². The molecule has 4 rings (SSSR count). The number of rotatable bonds is 3. The summed E-state index contributed by atoms with van der Waals surface area (Å²) in [5, 5.41) is 21.6. The van der Waals surface area contributed by atoms with Gasteiger partial charge in [-0.2, -0.15) is 0 Å². The Balaban J connectivity index is 1.43. The Kier molecular flexibility index (Phi) is 9.96. The van der Waals surface area contributed by atoms with Gasteiger partial charge in [-0.25, -0.2) is 4.79 Å². The van der Waals surface area contributed by atoms with E-state index in [9.17, 15) is 15.0 Å². The maximum absolute atomic E-state index is 12.6. The number of aliphatic hydroxyl groups is 2. The van der Waals surface area contributed by atoms with Gasteiger partial charge in [0.05, 0.1) is 37.1 Å². The van der Waals surface area contributed by atoms with Gasteiger partial charge >= 0.3 is 5.97 Å². The van der Waals surface area contributed by atoms with Crippen molar-refractivity contribution in [1.29, 1.82) is 0 Å². The van der Waals surface area contributed by atoms with Gasteiger partial charge in [-0.3, -0.25) is 0 Å². The second-order valence-corrected chi connectivity index (χ2v) is 10.9. The highest BCUT2D eigenvalue weighted by Gasteiger charge is 2.46. The van der Waals surface area contributed by atoms with Crippen molar-refractivity contribution in [2.75, 3.05) is 6.61 Å². The SMILES string of the molecule is C=C1CCC[C@@H]2CC=C[C@@H](C/C=C\C(=O)O[C@H]([C@@H](O)/C=C/C3CC(C)=C(C)CO3)C[C@@H]3O[C@H]3[C@@H](O)C1)O2. The largest absolute Gasteiger partial charge is 0.456 e. The van der Waals surface area contributed by atoms with E-state index in [-0.39, 0.29) is 30.5 Å². The molecule has 1 fully saturated rings. The summed E-state index contributed by atoms with van der Waals surface area (Å²) in [5.74, 6) is -0.524. The molecule has 37 heavy (non-hydrogen) atoms. The van der Waals surface area contributed by atoms with E-state index in [0.717, 1.165) is 37.7 Å². The van der Waals surface area contributed by atoms with Crippen LogP contribution in [-0.4, -0.2) is 71.6 Å². The van der Waals surface area contributed by atoms with E-state index in [1.807, 2.05) is 12.2 Å². The topological polar surface area (TPSA) is 97.8 Å². The van der Waals surface area contributed by atoms with Gasteiger partial charge in [0.2, 0.25) is 0 Å². The highest BCUT2D eigenvalue weighted by Crippen LogP contribution is 2.34. The molecular formula is C30H42O7. The molecule has 0 aromatic carbocycles. The lowest BCUT2D eigenvalue weighted by Crippen LogP contribution is -2.32. The molecule has 4 aliphatic rings. The summed E-state index contributed by atoms with van der Waals surface area (Å²) in [6, 6.07) is 0. The number of carbonyl (C=O) groups excluding carboxylic acids is 1. The first-order valence-corrected chi connectivity index (χ1v) is 13.6. The van der Waals surface area contributed by atoms with Gasteiger partial charge in [-0.15, -0.1) is 0 Å². The van der Waals surface area contributed by atoms with E-state index in [4.69, 9.17) is 18.9 Å². The molecule has 0 amide bonds. The Bertz CT molecular complexity index is 932. The Morgan fingerprint density at radius 3 is 2.78 bits per heavy atom. The van der Waals surface area contributed by atoms with Gasteiger partial charge in [0.1, 0.15) is 18.3 Å². The minimum absolute atomic E-state index is 0.0757. The Morgan fingerprint density at radius 2 is 1.97 bits per heavy atom. The van der Waals surface area contributed by atoms with Crippen molar-refractivity contribution in [2.24, 2.45) is 0 Å². The second kappa shape index (κ2) is 13.2. The second-order valence-electron chi connectivity index (χ2n) is 10.9. The molecular weight excluding hydrogens is 472 g/mol. The van der Waals surface area contributed by atoms with Crippen LogP contribution in [0.25, 0.3) is 0 Å². The summed E-state index contributed by atoms with van der Waals surface area (Å²) in [6.07, 6.45) is 13.3. The summed E-state index contributed by atoms with van der Waals surface area (Å²) < 4.78 is 23.4. The molecule has 0 aliphatic carbocycles. The minimum atomic E-state index is -1.03. The highest BCUT2D eigenvalue weighted by molar-refractivity contribution is 5.82. The van der Waals surface area contributed by atoms with Crippen LogP contribution in [0.2, 0.25) is 0 Å². The minimum Gasteiger partial charge on any atom is -0.456 e. The number of esters is 1. The molecule has 0 saturated carbocycles. The van der Waals surface area contributed by atoms with Crippen LogP contribution in [0.4, 0.5) is 0 Å². The first-order chi connectivity index (χ1) is 17.8. The van der Waals surface area contributed by atoms with E-state index in [2.05, 4.69) is 26.5 Å². The van der Waals surface area contributed by atoms with Gasteiger partial charge < -0.3 is 29.2 Å². The van der Waals surface area contributed by atoms with E-state index in [1.54, 1.807) is 12.2 Å². The Hall–Kier alpha value is -2.03. The molecule has 4 heterocycles. The highest BCUT2D eigenvalue weighted by atomic mass is 16.6. The summed E-state index contributed by atoms with van der Waals surface area (Å²) in [7, 11) is 0. The van der Waals surface area contributed by atoms with Gasteiger partial charge in [-0.1, -0.05) is 48.1 Å². The molecule has 204 valence electrons. The molecule has 0 spiro atoms. The quantitative estimate of drug-likeness (QED) is 0.330. The van der Waals surface area contributed by atoms with Gasteiger partial charge in [-0.05, 0) is 64.4 Å². The molecule has 7 nitrogen and oxygen atoms in total. The standard InChI is InChI=1S/C30H42O7/c1-19-7-4-8-22-9-5-10-23(35-22)11-6-12-29(33)36-27(17-28-30(37-28)26(32)15-19)25(31)14-13-24-16-20(2)21(3)18-34-24/h5-6,10,12-14,22-28,30-32H,1,4,7-9,11,15-18H2,2-3H3/b12-6-,14-13+/t22-,23+,24?,25+,26+,27+,28+,30+/m1/s1. The average Bonchev–Trinajstić information content (AvgIpc) is 3.63. The molecule has 7 heteroatoms. The lowest BCUT2D eigenvalue weighted by atomic mass is 9.97. The maximum Gasteiger partial charge on any atom is 0.330 e. The first-order valence-electron chi connectivity index (χ1n) is 13.6. The zero-order valence-electron chi connectivity index (χ0n) is 22.1. The van der Waals surface area contributed by atoms with E-state index in [1.165, 1.54) is 17.2 Å². The molecule has 4 aliphatic heterocycles. The van der Waals surface area contributed by atoms with Crippen LogP contribution in [0.5, 0.6) is 0 Å². The number of ether oxygens (including phenoxy) is 4. The molecule has 0 aromatic heterocycles. The summed E-state index contributed by atoms with van der Waals surface area (Å²) in [5.41, 5.74) is 3.51. The fraction of sp³-hybridized carbons (Fsp3) is 0.633. The molecule has 0 aromatic rings. The molecule has 0 radical (unpaired) electrons. The van der Waals surface area contributed by atoms with Crippen LogP contribution in [0.1, 0.15) is 65.2 Å². The van der Waals surface area contributed by atoms with Gasteiger partial charge in [0, 0.05) is 12.5 Å². The fourth-order valence-corrected chi connectivity index (χ4v) is 5.18. The Labute approximate surface area is 220 Å². The lowest BCUT2D eigenvalue weighted by Gasteiger charge is -2.26. The summed E-state index contributed by atoms with van der Waals surface area (Å²) in [4.78, 5) is 12.6. The van der Waals surface area contributed by atoms with Crippen molar-refractivity contribution in [2.45, 2.75) is 114 Å². The third-order valence-electron chi connectivity index (χ3n) is 7.68. The maximum atomic E-state index is 12.6. The number of hydrogen-bond acceptors (Lipinski definition) is 7. The smallest absolute Gasteiger partial charge is 0.330 e. The van der Waals surface area contributed by atoms with Crippen molar-refractivity contribution < 1.29 is 34.0 Å². The third kappa shape index (κ3) is 8.48. The summed E-state index contributed by atoms with van der Waals surface area (Å²) in [6.45, 7) is 8.87. The summed E-state index contributed by atoms with van der Waals surface area (Å²) >= 11 is 0. The number of carbonyl (C=O) groups is 1. The monoisotopic (exact) mass is 514 g/mol. The third-order valence-corrected chi connectivity index (χ3v) is 7.68. The number of hydrogen-bond donors (Lipinski definition) is 2. The van der Waals surface area contributed by atoms with E-state index < -0.39 is 24.3 Å². The number of aliphatic hydroxyl groups excluding tert-OH is 2. The predicted molar refractivity (Wildman–Crippen MR) is 141 cm³/mol. The molecule has 1 saturated heterocycles. The van der Waals surface area contributed by atoms with Crippen LogP contribution in [0, 0.1) is 0 Å². The van der Waals surface area contributed by atoms with Crippen LogP contribution in [0.3, 0.4) is 0 Å². The first kappa shape index (κ1) is 28.0. The normalized spacial score (nSPS) is 37.9. The van der Waals surface area contributed by atoms with E-state index >= 15 is 0 Å². The Morgan fingerprint density at radius 1 is 1.14 bits per heavy atom. The van der Waals surface area contributed by atoms with Crippen molar-refractivity contribution in [3.63, 3.8) is 0 Å². The van der Waals surface area contributed by atoms with Crippen molar-refractivity contribution in [3.05, 3.63) is 59.8 Å². The number of epoxide rings is 1. The molecule has 8 atom stereocenters. The van der Waals surface area contributed by atoms with Crippen molar-refractivity contribution >= 4 is 5.97 Å². The average molecular weight is 515 g/mol. The van der Waals surface area contributed by atoms with E-state index in [0.29, 0.717) is 25.9 Å². The van der Waals surface area contributed by atoms with Crippen LogP contribution in [-0.2, 0) is 23.7 Å². The molecule has 1 unspecified atom stereocenters. The predicted octanol–water partition coefficient (Wildman–Crippen LogP) is 4.25. The lowest BCUT2D eigenvalue weighted by molar-refractivity contribution is -0.148. The molecule has 2 N–H and O–H groups in total. The number of cyclic esters (lactones) is 1. The number of fused-ring (bicyclic) bond motifs is 3. The van der Waals surface area contributed by atoms with Crippen molar-refractivity contribution in [3.8, 4) is 0 Å². The van der Waals surface area contributed by atoms with Crippen molar-refractivity contribution in [1.82, 2.24) is 0 Å². The van der Waals surface area contributed by atoms with Crippen LogP contribution in [0.15, 0.2) is 59.8 Å². The fourth-order valence-electron chi connectivity index (χ4n) is 5.18.